The summed E-state index contributed by atoms with van der Waals surface area (Å²) in [6.45, 7) is 19.3. The average Bonchev–Trinajstić information content (AvgIpc) is 3.88. The Hall–Kier alpha value is -6.96. The first-order valence-electron chi connectivity index (χ1n) is 23.5. The van der Waals surface area contributed by atoms with E-state index >= 15 is 0 Å². The number of hydrogen-bond acceptors (Lipinski definition) is 1. The highest BCUT2D eigenvalue weighted by Crippen LogP contribution is 2.60. The predicted molar refractivity (Wildman–Crippen MR) is 274 cm³/mol. The Morgan fingerprint density at radius 1 is 0.262 bits per heavy atom. The molecule has 0 bridgehead atoms. The van der Waals surface area contributed by atoms with Crippen molar-refractivity contribution in [1.29, 1.82) is 0 Å². The lowest BCUT2D eigenvalue weighted by Gasteiger charge is -2.31. The van der Waals surface area contributed by atoms with E-state index in [1.165, 1.54) is 128 Å². The van der Waals surface area contributed by atoms with Gasteiger partial charge in [-0.05, 0) is 166 Å². The second kappa shape index (κ2) is 12.9. The molecule has 0 fully saturated rings. The molecule has 0 spiro atoms. The molecule has 0 atom stereocenters. The summed E-state index contributed by atoms with van der Waals surface area (Å²) in [7, 11) is 0. The molecule has 0 amide bonds. The van der Waals surface area contributed by atoms with Gasteiger partial charge in [-0.1, -0.05) is 177 Å². The van der Waals surface area contributed by atoms with E-state index in [-0.39, 0.29) is 21.7 Å². The third-order valence-electron chi connectivity index (χ3n) is 16.5. The molecule has 0 saturated heterocycles. The van der Waals surface area contributed by atoms with Crippen LogP contribution >= 0.6 is 0 Å². The molecule has 1 nitrogen and oxygen atoms in total. The lowest BCUT2D eigenvalue weighted by Crippen LogP contribution is -2.19. The van der Waals surface area contributed by atoms with Crippen molar-refractivity contribution < 1.29 is 0 Å². The van der Waals surface area contributed by atoms with Crippen molar-refractivity contribution in [2.75, 3.05) is 4.90 Å². The van der Waals surface area contributed by atoms with Gasteiger partial charge in [0.15, 0.2) is 0 Å². The second-order valence-electron chi connectivity index (χ2n) is 21.3. The van der Waals surface area contributed by atoms with E-state index < -0.39 is 0 Å². The standard InChI is InChI=1S/C64H53N/c1-61(2)52-24-16-14-21-43(52)45-29-26-39(32-54(45)61)65(40-27-30-46-44-22-15-17-25-53(44)62(3,4)55(46)33-40)41-28-31-47-50-36-58-51(37-57(50)63(5,6)56(47)34-41)60-48-23-13-12-20-42(48)49(35-59(60)64(58,7)8)38-18-10-9-11-19-38/h9-37H,1-8H3. The van der Waals surface area contributed by atoms with Crippen LogP contribution in [0.3, 0.4) is 0 Å². The van der Waals surface area contributed by atoms with Crippen LogP contribution in [-0.2, 0) is 21.7 Å². The monoisotopic (exact) mass is 835 g/mol. The Morgan fingerprint density at radius 3 is 1.18 bits per heavy atom. The van der Waals surface area contributed by atoms with Gasteiger partial charge in [0.2, 0.25) is 0 Å². The normalized spacial score (nSPS) is 16.5. The van der Waals surface area contributed by atoms with Gasteiger partial charge >= 0.3 is 0 Å². The molecular weight excluding hydrogens is 783 g/mol. The Labute approximate surface area is 384 Å². The highest BCUT2D eigenvalue weighted by Gasteiger charge is 2.44. The van der Waals surface area contributed by atoms with Crippen molar-refractivity contribution in [3.05, 3.63) is 220 Å². The highest BCUT2D eigenvalue weighted by atomic mass is 15.1. The zero-order valence-electron chi connectivity index (χ0n) is 38.7. The van der Waals surface area contributed by atoms with E-state index in [0.29, 0.717) is 0 Å². The summed E-state index contributed by atoms with van der Waals surface area (Å²) in [6.07, 6.45) is 0. The molecule has 0 unspecified atom stereocenters. The summed E-state index contributed by atoms with van der Waals surface area (Å²) in [5, 5.41) is 2.65. The number of benzene rings is 9. The Kier molecular flexibility index (Phi) is 7.61. The quantitative estimate of drug-likeness (QED) is 0.171. The van der Waals surface area contributed by atoms with Crippen LogP contribution in [0.25, 0.3) is 66.4 Å². The smallest absolute Gasteiger partial charge is 0.0465 e. The van der Waals surface area contributed by atoms with Gasteiger partial charge in [-0.15, -0.1) is 0 Å². The van der Waals surface area contributed by atoms with E-state index in [1.54, 1.807) is 0 Å². The number of fused-ring (bicyclic) bond motifs is 14. The minimum atomic E-state index is -0.225. The zero-order chi connectivity index (χ0) is 44.4. The number of hydrogen-bond donors (Lipinski definition) is 0. The van der Waals surface area contributed by atoms with Crippen molar-refractivity contribution in [3.8, 4) is 55.6 Å². The molecule has 4 aliphatic rings. The summed E-state index contributed by atoms with van der Waals surface area (Å²) in [5.41, 5.74) is 27.5. The summed E-state index contributed by atoms with van der Waals surface area (Å²) >= 11 is 0. The minimum Gasteiger partial charge on any atom is -0.310 e. The Balaban J connectivity index is 0.980. The van der Waals surface area contributed by atoms with Crippen LogP contribution in [0.4, 0.5) is 17.1 Å². The lowest BCUT2D eigenvalue weighted by atomic mass is 9.79. The van der Waals surface area contributed by atoms with E-state index in [9.17, 15) is 0 Å². The van der Waals surface area contributed by atoms with Crippen LogP contribution in [0.5, 0.6) is 0 Å². The third kappa shape index (κ3) is 5.05. The molecule has 13 rings (SSSR count). The fourth-order valence-corrected chi connectivity index (χ4v) is 12.9. The molecule has 0 aliphatic heterocycles. The van der Waals surface area contributed by atoms with Crippen molar-refractivity contribution in [2.45, 2.75) is 77.0 Å². The summed E-state index contributed by atoms with van der Waals surface area (Å²) in [5.74, 6) is 0. The van der Waals surface area contributed by atoms with Gasteiger partial charge in [0.1, 0.15) is 0 Å². The maximum Gasteiger partial charge on any atom is 0.0465 e. The van der Waals surface area contributed by atoms with Crippen LogP contribution in [0.15, 0.2) is 176 Å². The summed E-state index contributed by atoms with van der Waals surface area (Å²) in [6, 6.07) is 67.3. The van der Waals surface area contributed by atoms with E-state index in [0.717, 1.165) is 0 Å². The van der Waals surface area contributed by atoms with E-state index in [2.05, 4.69) is 236 Å². The molecule has 1 heteroatoms. The minimum absolute atomic E-state index is 0.113. The molecule has 65 heavy (non-hydrogen) atoms. The first-order chi connectivity index (χ1) is 31.3. The fourth-order valence-electron chi connectivity index (χ4n) is 12.9. The van der Waals surface area contributed by atoms with Gasteiger partial charge in [0.25, 0.3) is 0 Å². The van der Waals surface area contributed by atoms with Crippen molar-refractivity contribution in [3.63, 3.8) is 0 Å². The molecule has 0 N–H and O–H groups in total. The molecule has 0 aromatic heterocycles. The van der Waals surface area contributed by atoms with Crippen LogP contribution in [0.1, 0.15) is 99.9 Å². The van der Waals surface area contributed by atoms with Crippen LogP contribution in [-0.4, -0.2) is 0 Å². The fraction of sp³-hybridized carbons (Fsp3) is 0.188. The van der Waals surface area contributed by atoms with Gasteiger partial charge in [0.05, 0.1) is 0 Å². The first-order valence-corrected chi connectivity index (χ1v) is 23.5. The molecule has 9 aromatic rings. The van der Waals surface area contributed by atoms with Crippen LogP contribution in [0.2, 0.25) is 0 Å². The number of nitrogens with zero attached hydrogens (tertiary/aromatic N) is 1. The molecule has 0 heterocycles. The highest BCUT2D eigenvalue weighted by molar-refractivity contribution is 6.09. The SMILES string of the molecule is CC1(C)c2ccccc2-c2ccc(N(c3ccc4c(c3)C(C)(C)c3ccccc3-4)c3ccc4c(c3)C(C)(C)c3cc5c(cc3-4)C(C)(C)c3cc(-c4ccccc4)c4ccccc4c3-5)cc21. The topological polar surface area (TPSA) is 3.24 Å². The molecule has 0 saturated carbocycles. The van der Waals surface area contributed by atoms with E-state index in [4.69, 9.17) is 0 Å². The zero-order valence-corrected chi connectivity index (χ0v) is 38.7. The van der Waals surface area contributed by atoms with Gasteiger partial charge in [0, 0.05) is 38.7 Å². The van der Waals surface area contributed by atoms with E-state index in [1.807, 2.05) is 0 Å². The van der Waals surface area contributed by atoms with Crippen LogP contribution in [0, 0.1) is 0 Å². The maximum absolute atomic E-state index is 2.57. The summed E-state index contributed by atoms with van der Waals surface area (Å²) in [4.78, 5) is 2.54. The first kappa shape index (κ1) is 38.5. The van der Waals surface area contributed by atoms with Crippen molar-refractivity contribution in [2.24, 2.45) is 0 Å². The van der Waals surface area contributed by atoms with Gasteiger partial charge < -0.3 is 4.90 Å². The molecule has 314 valence electrons. The predicted octanol–water partition coefficient (Wildman–Crippen LogP) is 17.2. The van der Waals surface area contributed by atoms with Gasteiger partial charge in [-0.25, -0.2) is 0 Å². The van der Waals surface area contributed by atoms with Gasteiger partial charge in [-0.2, -0.15) is 0 Å². The molecule has 4 aliphatic carbocycles. The lowest BCUT2D eigenvalue weighted by molar-refractivity contribution is 0.652. The third-order valence-corrected chi connectivity index (χ3v) is 16.5. The average molecular weight is 836 g/mol. The molecular formula is C64H53N. The maximum atomic E-state index is 2.57. The second-order valence-corrected chi connectivity index (χ2v) is 21.3. The Morgan fingerprint density at radius 2 is 0.631 bits per heavy atom. The summed E-state index contributed by atoms with van der Waals surface area (Å²) < 4.78 is 0. The van der Waals surface area contributed by atoms with Crippen molar-refractivity contribution in [1.82, 2.24) is 0 Å². The molecule has 0 radical (unpaired) electrons. The Bertz CT molecular complexity index is 3430. The number of anilines is 3. The largest absolute Gasteiger partial charge is 0.310 e. The van der Waals surface area contributed by atoms with Crippen LogP contribution < -0.4 is 4.90 Å². The molecule has 9 aromatic carbocycles. The van der Waals surface area contributed by atoms with Crippen molar-refractivity contribution >= 4 is 27.8 Å². The van der Waals surface area contributed by atoms with Gasteiger partial charge in [-0.3, -0.25) is 0 Å². The number of rotatable bonds is 4.